The van der Waals surface area contributed by atoms with Gasteiger partial charge in [0.15, 0.2) is 0 Å². The van der Waals surface area contributed by atoms with Gasteiger partial charge in [0, 0.05) is 13.1 Å². The van der Waals surface area contributed by atoms with Gasteiger partial charge in [0.2, 0.25) is 5.91 Å². The van der Waals surface area contributed by atoms with Crippen molar-refractivity contribution < 1.29 is 4.79 Å². The second-order valence-corrected chi connectivity index (χ2v) is 7.15. The maximum absolute atomic E-state index is 12.9. The Balaban J connectivity index is 1.73. The summed E-state index contributed by atoms with van der Waals surface area (Å²) in [6.07, 6.45) is 2.50. The Bertz CT molecular complexity index is 710. The zero-order chi connectivity index (χ0) is 18.4. The molecule has 2 atom stereocenters. The fourth-order valence-corrected chi connectivity index (χ4v) is 3.58. The maximum Gasteiger partial charge on any atom is 0.227 e. The smallest absolute Gasteiger partial charge is 0.227 e. The van der Waals surface area contributed by atoms with Gasteiger partial charge in [0.05, 0.1) is 12.0 Å². The summed E-state index contributed by atoms with van der Waals surface area (Å²) in [4.78, 5) is 15.4. The van der Waals surface area contributed by atoms with Gasteiger partial charge in [-0.3, -0.25) is 4.79 Å². The van der Waals surface area contributed by atoms with Crippen LogP contribution in [0.5, 0.6) is 0 Å². The Labute approximate surface area is 156 Å². The van der Waals surface area contributed by atoms with Gasteiger partial charge in [-0.05, 0) is 49.5 Å². The zero-order valence-corrected chi connectivity index (χ0v) is 15.5. The number of benzene rings is 2. The zero-order valence-electron chi connectivity index (χ0n) is 15.5. The van der Waals surface area contributed by atoms with Crippen LogP contribution in [0.25, 0.3) is 0 Å². The largest absolute Gasteiger partial charge is 0.347 e. The number of nitrogens with two attached hydrogens (primary N) is 1. The highest BCUT2D eigenvalue weighted by molar-refractivity contribution is 5.83. The van der Waals surface area contributed by atoms with Crippen LogP contribution in [0.4, 0.5) is 0 Å². The average molecular weight is 351 g/mol. The SMILES string of the molecule is CC(C(=O)NC(CN1CCCC1)c1ccccc1)c1cccc(CN)c1. The Morgan fingerprint density at radius 1 is 1.08 bits per heavy atom. The Kier molecular flexibility index (Phi) is 6.42. The summed E-state index contributed by atoms with van der Waals surface area (Å²) in [5.74, 6) is -0.140. The molecule has 0 radical (unpaired) electrons. The van der Waals surface area contributed by atoms with Crippen molar-refractivity contribution in [3.8, 4) is 0 Å². The summed E-state index contributed by atoms with van der Waals surface area (Å²) in [7, 11) is 0. The summed E-state index contributed by atoms with van der Waals surface area (Å²) < 4.78 is 0. The van der Waals surface area contributed by atoms with E-state index in [1.807, 2.05) is 49.4 Å². The van der Waals surface area contributed by atoms with Crippen LogP contribution >= 0.6 is 0 Å². The lowest BCUT2D eigenvalue weighted by molar-refractivity contribution is -0.123. The lowest BCUT2D eigenvalue weighted by atomic mass is 9.97. The first-order chi connectivity index (χ1) is 12.7. The van der Waals surface area contributed by atoms with Gasteiger partial charge in [-0.2, -0.15) is 0 Å². The minimum Gasteiger partial charge on any atom is -0.347 e. The number of carbonyl (C=O) groups is 1. The van der Waals surface area contributed by atoms with E-state index in [1.54, 1.807) is 0 Å². The van der Waals surface area contributed by atoms with Crippen LogP contribution in [-0.4, -0.2) is 30.4 Å². The third-order valence-electron chi connectivity index (χ3n) is 5.24. The van der Waals surface area contributed by atoms with E-state index in [9.17, 15) is 4.79 Å². The molecule has 3 rings (SSSR count). The normalized spacial score (nSPS) is 17.0. The van der Waals surface area contributed by atoms with Gasteiger partial charge in [-0.1, -0.05) is 54.6 Å². The quantitative estimate of drug-likeness (QED) is 0.805. The third-order valence-corrected chi connectivity index (χ3v) is 5.24. The Morgan fingerprint density at radius 2 is 1.77 bits per heavy atom. The highest BCUT2D eigenvalue weighted by atomic mass is 16.1. The highest BCUT2D eigenvalue weighted by Crippen LogP contribution is 2.21. The summed E-state index contributed by atoms with van der Waals surface area (Å²) in [6.45, 7) is 5.55. The Hall–Kier alpha value is -2.17. The van der Waals surface area contributed by atoms with E-state index < -0.39 is 0 Å². The van der Waals surface area contributed by atoms with Crippen molar-refractivity contribution in [2.75, 3.05) is 19.6 Å². The standard InChI is InChI=1S/C22H29N3O/c1-17(20-11-7-8-18(14-20)15-23)22(26)24-21(16-25-12-5-6-13-25)19-9-3-2-4-10-19/h2-4,7-11,14,17,21H,5-6,12-13,15-16,23H2,1H3,(H,24,26). The molecule has 4 nitrogen and oxygen atoms in total. The lowest BCUT2D eigenvalue weighted by Gasteiger charge is -2.26. The lowest BCUT2D eigenvalue weighted by Crippen LogP contribution is -2.38. The van der Waals surface area contributed by atoms with Crippen LogP contribution in [0.15, 0.2) is 54.6 Å². The molecule has 1 heterocycles. The molecule has 2 aromatic carbocycles. The number of rotatable bonds is 7. The van der Waals surface area contributed by atoms with Crippen LogP contribution in [0, 0.1) is 0 Å². The van der Waals surface area contributed by atoms with E-state index in [-0.39, 0.29) is 17.9 Å². The van der Waals surface area contributed by atoms with Crippen molar-refractivity contribution in [1.82, 2.24) is 10.2 Å². The first-order valence-electron chi connectivity index (χ1n) is 9.54. The maximum atomic E-state index is 12.9. The molecule has 1 fully saturated rings. The molecule has 2 aromatic rings. The Morgan fingerprint density at radius 3 is 2.46 bits per heavy atom. The van der Waals surface area contributed by atoms with Gasteiger partial charge >= 0.3 is 0 Å². The average Bonchev–Trinajstić information content (AvgIpc) is 3.20. The van der Waals surface area contributed by atoms with Crippen molar-refractivity contribution in [2.24, 2.45) is 5.73 Å². The molecule has 3 N–H and O–H groups in total. The summed E-state index contributed by atoms with van der Waals surface area (Å²) in [5.41, 5.74) is 8.97. The topological polar surface area (TPSA) is 58.4 Å². The number of hydrogen-bond donors (Lipinski definition) is 2. The first-order valence-corrected chi connectivity index (χ1v) is 9.54. The van der Waals surface area contributed by atoms with Crippen molar-refractivity contribution in [2.45, 2.75) is 38.3 Å². The minimum absolute atomic E-state index is 0.0157. The molecule has 0 aliphatic carbocycles. The molecule has 138 valence electrons. The summed E-state index contributed by atoms with van der Waals surface area (Å²) >= 11 is 0. The molecule has 0 saturated carbocycles. The molecule has 2 unspecified atom stereocenters. The number of carbonyl (C=O) groups excluding carboxylic acids is 1. The molecule has 1 amide bonds. The van der Waals surface area contributed by atoms with Gasteiger partial charge in [-0.25, -0.2) is 0 Å². The van der Waals surface area contributed by atoms with Gasteiger partial charge < -0.3 is 16.0 Å². The number of nitrogens with zero attached hydrogens (tertiary/aromatic N) is 1. The van der Waals surface area contributed by atoms with E-state index in [4.69, 9.17) is 5.73 Å². The van der Waals surface area contributed by atoms with Crippen molar-refractivity contribution >= 4 is 5.91 Å². The number of likely N-dealkylation sites (tertiary alicyclic amines) is 1. The molecule has 1 saturated heterocycles. The van der Waals surface area contributed by atoms with Gasteiger partial charge in [0.25, 0.3) is 0 Å². The summed E-state index contributed by atoms with van der Waals surface area (Å²) in [5, 5.41) is 3.28. The molecular formula is C22H29N3O. The van der Waals surface area contributed by atoms with Gasteiger partial charge in [0.1, 0.15) is 0 Å². The predicted molar refractivity (Wildman–Crippen MR) is 106 cm³/mol. The van der Waals surface area contributed by atoms with Crippen LogP contribution in [0.1, 0.15) is 48.4 Å². The van der Waals surface area contributed by atoms with E-state index >= 15 is 0 Å². The molecule has 1 aliphatic rings. The third kappa shape index (κ3) is 4.71. The van der Waals surface area contributed by atoms with E-state index in [1.165, 1.54) is 12.8 Å². The molecule has 26 heavy (non-hydrogen) atoms. The van der Waals surface area contributed by atoms with Gasteiger partial charge in [-0.15, -0.1) is 0 Å². The number of amides is 1. The monoisotopic (exact) mass is 351 g/mol. The van der Waals surface area contributed by atoms with Crippen LogP contribution in [0.2, 0.25) is 0 Å². The fraction of sp³-hybridized carbons (Fsp3) is 0.409. The van der Waals surface area contributed by atoms with E-state index in [0.717, 1.165) is 36.3 Å². The first kappa shape index (κ1) is 18.6. The summed E-state index contributed by atoms with van der Waals surface area (Å²) in [6, 6.07) is 18.3. The molecule has 0 spiro atoms. The fourth-order valence-electron chi connectivity index (χ4n) is 3.58. The minimum atomic E-state index is -0.203. The highest BCUT2D eigenvalue weighted by Gasteiger charge is 2.23. The molecule has 1 aliphatic heterocycles. The van der Waals surface area contributed by atoms with Crippen LogP contribution in [-0.2, 0) is 11.3 Å². The van der Waals surface area contributed by atoms with Crippen molar-refractivity contribution in [3.05, 3.63) is 71.3 Å². The van der Waals surface area contributed by atoms with Crippen LogP contribution < -0.4 is 11.1 Å². The van der Waals surface area contributed by atoms with E-state index in [2.05, 4.69) is 22.3 Å². The molecular weight excluding hydrogens is 322 g/mol. The van der Waals surface area contributed by atoms with Crippen molar-refractivity contribution in [1.29, 1.82) is 0 Å². The molecule has 4 heteroatoms. The second-order valence-electron chi connectivity index (χ2n) is 7.15. The molecule has 0 bridgehead atoms. The predicted octanol–water partition coefficient (Wildman–Crippen LogP) is 3.20. The van der Waals surface area contributed by atoms with E-state index in [0.29, 0.717) is 6.54 Å². The van der Waals surface area contributed by atoms with Crippen molar-refractivity contribution in [3.63, 3.8) is 0 Å². The molecule has 0 aromatic heterocycles. The van der Waals surface area contributed by atoms with Crippen LogP contribution in [0.3, 0.4) is 0 Å². The number of hydrogen-bond acceptors (Lipinski definition) is 3. The second kappa shape index (κ2) is 8.97. The number of nitrogens with one attached hydrogen (secondary N) is 1.